The van der Waals surface area contributed by atoms with E-state index in [0.717, 1.165) is 36.8 Å². The van der Waals surface area contributed by atoms with Gasteiger partial charge >= 0.3 is 0 Å². The van der Waals surface area contributed by atoms with Gasteiger partial charge in [0.1, 0.15) is 12.1 Å². The highest BCUT2D eigenvalue weighted by Gasteiger charge is 2.26. The maximum Gasteiger partial charge on any atom is 0.178 e. The van der Waals surface area contributed by atoms with Crippen LogP contribution in [0.4, 0.5) is 0 Å². The number of Topliss-reactive ketones (excluding diaryl/α,β-unsaturated/α-hetero) is 2. The van der Waals surface area contributed by atoms with E-state index in [1.54, 1.807) is 53.7 Å². The Morgan fingerprint density at radius 2 is 0.865 bits per heavy atom. The molecule has 0 aliphatic carbocycles. The zero-order chi connectivity index (χ0) is 38.6. The topological polar surface area (TPSA) is 119 Å². The van der Waals surface area contributed by atoms with Crippen LogP contribution in [0.3, 0.4) is 0 Å². The maximum absolute atomic E-state index is 12.6. The van der Waals surface area contributed by atoms with Crippen molar-refractivity contribution in [3.63, 3.8) is 0 Å². The zero-order valence-electron chi connectivity index (χ0n) is 32.9. The number of ether oxygens (including phenoxy) is 4. The Hall–Kier alpha value is -4.56. The molecule has 0 fully saturated rings. The Kier molecular flexibility index (Phi) is 18.8. The molecule has 0 heterocycles. The molecular formula is C44H60N2O6. The molecule has 2 rings (SSSR count). The minimum atomic E-state index is -0.627. The number of hydrogen-bond donors (Lipinski definition) is 0. The number of allylic oxidation sites excluding steroid dienone is 2. The SMILES string of the molecule is CCOc1cc(C=C(C#N)C(=O)C(C)(C)C)ccc1OCCCCCCCCCCCCOc1ccc(C=C(C#N)C(=O)C(C)(C)C)cc1OCC. The number of carbonyl (C=O) groups excluding carboxylic acids is 2. The van der Waals surface area contributed by atoms with Gasteiger partial charge in [0.15, 0.2) is 34.6 Å². The van der Waals surface area contributed by atoms with Crippen molar-refractivity contribution in [1.82, 2.24) is 0 Å². The van der Waals surface area contributed by atoms with Crippen molar-refractivity contribution in [2.75, 3.05) is 26.4 Å². The van der Waals surface area contributed by atoms with Crippen LogP contribution in [-0.4, -0.2) is 38.0 Å². The molecule has 0 atom stereocenters. The molecule has 2 aromatic carbocycles. The predicted octanol–water partition coefficient (Wildman–Crippen LogP) is 10.9. The summed E-state index contributed by atoms with van der Waals surface area (Å²) in [5.41, 5.74) is 0.464. The monoisotopic (exact) mass is 712 g/mol. The third-order valence-corrected chi connectivity index (χ3v) is 8.30. The third kappa shape index (κ3) is 15.4. The normalized spacial score (nSPS) is 12.1. The third-order valence-electron chi connectivity index (χ3n) is 8.30. The van der Waals surface area contributed by atoms with Crippen molar-refractivity contribution in [2.45, 2.75) is 120 Å². The van der Waals surface area contributed by atoms with E-state index in [1.807, 2.05) is 62.4 Å². The Morgan fingerprint density at radius 1 is 0.538 bits per heavy atom. The Labute approximate surface area is 312 Å². The molecule has 0 aliphatic rings. The van der Waals surface area contributed by atoms with Crippen LogP contribution in [0.5, 0.6) is 23.0 Å². The van der Waals surface area contributed by atoms with Crippen molar-refractivity contribution >= 4 is 23.7 Å². The van der Waals surface area contributed by atoms with Crippen LogP contribution in [0.15, 0.2) is 47.5 Å². The molecule has 0 saturated heterocycles. The lowest BCUT2D eigenvalue weighted by atomic mass is 9.86. The molecular weight excluding hydrogens is 652 g/mol. The van der Waals surface area contributed by atoms with Crippen molar-refractivity contribution in [3.8, 4) is 35.1 Å². The maximum atomic E-state index is 12.6. The molecule has 0 N–H and O–H groups in total. The van der Waals surface area contributed by atoms with E-state index in [9.17, 15) is 20.1 Å². The van der Waals surface area contributed by atoms with Crippen LogP contribution in [0, 0.1) is 33.5 Å². The quantitative estimate of drug-likeness (QED) is 0.0634. The molecule has 8 nitrogen and oxygen atoms in total. The number of hydrogen-bond acceptors (Lipinski definition) is 8. The number of benzene rings is 2. The highest BCUT2D eigenvalue weighted by Crippen LogP contribution is 2.32. The molecule has 0 radical (unpaired) electrons. The fourth-order valence-electron chi connectivity index (χ4n) is 5.43. The Balaban J connectivity index is 1.65. The summed E-state index contributed by atoms with van der Waals surface area (Å²) in [5.74, 6) is 2.19. The zero-order valence-corrected chi connectivity index (χ0v) is 32.9. The molecule has 282 valence electrons. The summed E-state index contributed by atoms with van der Waals surface area (Å²) in [6.45, 7) is 16.9. The summed E-state index contributed by atoms with van der Waals surface area (Å²) >= 11 is 0. The van der Waals surface area contributed by atoms with Gasteiger partial charge in [0.25, 0.3) is 0 Å². The van der Waals surface area contributed by atoms with E-state index in [1.165, 1.54) is 38.5 Å². The second-order valence-electron chi connectivity index (χ2n) is 15.0. The van der Waals surface area contributed by atoms with E-state index in [2.05, 4.69) is 0 Å². The standard InChI is InChI=1S/C44H60N2O6/c1-9-49-39-29-33(27-35(31-45)41(47)43(3,4)5)21-23-37(39)51-25-19-17-15-13-11-12-14-16-18-20-26-52-38-24-22-34(30-40(38)50-10-2)28-36(32-46)42(48)44(6,7)8/h21-24,27-30H,9-20,25-26H2,1-8H3. The van der Waals surface area contributed by atoms with E-state index < -0.39 is 10.8 Å². The lowest BCUT2D eigenvalue weighted by Gasteiger charge is -2.16. The summed E-state index contributed by atoms with van der Waals surface area (Å²) in [5, 5.41) is 19.0. The summed E-state index contributed by atoms with van der Waals surface area (Å²) in [6.07, 6.45) is 14.6. The van der Waals surface area contributed by atoms with Gasteiger partial charge in [-0.1, -0.05) is 105 Å². The predicted molar refractivity (Wildman–Crippen MR) is 208 cm³/mol. The van der Waals surface area contributed by atoms with Crippen LogP contribution in [0.2, 0.25) is 0 Å². The molecule has 0 saturated carbocycles. The summed E-state index contributed by atoms with van der Waals surface area (Å²) in [4.78, 5) is 25.2. The molecule has 52 heavy (non-hydrogen) atoms. The number of nitriles is 2. The van der Waals surface area contributed by atoms with Gasteiger partial charge in [0.05, 0.1) is 37.6 Å². The highest BCUT2D eigenvalue weighted by atomic mass is 16.5. The summed E-state index contributed by atoms with van der Waals surface area (Å²) in [7, 11) is 0. The molecule has 0 aromatic heterocycles. The lowest BCUT2D eigenvalue weighted by Crippen LogP contribution is -2.21. The average molecular weight is 713 g/mol. The van der Waals surface area contributed by atoms with Gasteiger partial charge in [-0.25, -0.2) is 0 Å². The molecule has 8 heteroatoms. The largest absolute Gasteiger partial charge is 0.490 e. The van der Waals surface area contributed by atoms with E-state index in [4.69, 9.17) is 18.9 Å². The number of unbranched alkanes of at least 4 members (excludes halogenated alkanes) is 9. The first-order chi connectivity index (χ1) is 24.7. The van der Waals surface area contributed by atoms with Gasteiger partial charge in [-0.3, -0.25) is 9.59 Å². The van der Waals surface area contributed by atoms with Crippen LogP contribution >= 0.6 is 0 Å². The first kappa shape index (κ1) is 43.6. The second-order valence-corrected chi connectivity index (χ2v) is 15.0. The van der Waals surface area contributed by atoms with Crippen LogP contribution < -0.4 is 18.9 Å². The van der Waals surface area contributed by atoms with E-state index in [0.29, 0.717) is 49.4 Å². The average Bonchev–Trinajstić information content (AvgIpc) is 3.10. The molecule has 0 bridgehead atoms. The van der Waals surface area contributed by atoms with E-state index in [-0.39, 0.29) is 22.7 Å². The van der Waals surface area contributed by atoms with Gasteiger partial charge in [-0.15, -0.1) is 0 Å². The Morgan fingerprint density at radius 3 is 1.15 bits per heavy atom. The number of carbonyl (C=O) groups is 2. The second kappa shape index (κ2) is 22.4. The molecule has 0 unspecified atom stereocenters. The summed E-state index contributed by atoms with van der Waals surface area (Å²) < 4.78 is 23.7. The van der Waals surface area contributed by atoms with E-state index >= 15 is 0 Å². The number of rotatable bonds is 23. The molecule has 0 spiro atoms. The highest BCUT2D eigenvalue weighted by molar-refractivity contribution is 6.06. The van der Waals surface area contributed by atoms with Crippen LogP contribution in [0.25, 0.3) is 12.2 Å². The first-order valence-electron chi connectivity index (χ1n) is 18.9. The van der Waals surface area contributed by atoms with Crippen LogP contribution in [-0.2, 0) is 9.59 Å². The molecule has 0 amide bonds. The summed E-state index contributed by atoms with van der Waals surface area (Å²) in [6, 6.07) is 15.1. The smallest absolute Gasteiger partial charge is 0.178 e. The molecule has 2 aromatic rings. The minimum Gasteiger partial charge on any atom is -0.490 e. The number of ketones is 2. The fourth-order valence-corrected chi connectivity index (χ4v) is 5.43. The van der Waals surface area contributed by atoms with Gasteiger partial charge in [0.2, 0.25) is 0 Å². The number of nitrogens with zero attached hydrogens (tertiary/aromatic N) is 2. The van der Waals surface area contributed by atoms with Gasteiger partial charge in [0, 0.05) is 10.8 Å². The molecule has 0 aliphatic heterocycles. The fraction of sp³-hybridized carbons (Fsp3) is 0.545. The Bertz CT molecular complexity index is 1470. The van der Waals surface area contributed by atoms with Crippen molar-refractivity contribution < 1.29 is 28.5 Å². The lowest BCUT2D eigenvalue weighted by molar-refractivity contribution is -0.122. The van der Waals surface area contributed by atoms with Gasteiger partial charge in [-0.2, -0.15) is 10.5 Å². The van der Waals surface area contributed by atoms with Crippen molar-refractivity contribution in [1.29, 1.82) is 10.5 Å². The van der Waals surface area contributed by atoms with Crippen molar-refractivity contribution in [3.05, 3.63) is 58.7 Å². The van der Waals surface area contributed by atoms with Gasteiger partial charge in [-0.05, 0) is 74.2 Å². The van der Waals surface area contributed by atoms with Gasteiger partial charge < -0.3 is 18.9 Å². The van der Waals surface area contributed by atoms with Crippen LogP contribution in [0.1, 0.15) is 131 Å². The van der Waals surface area contributed by atoms with Crippen molar-refractivity contribution in [2.24, 2.45) is 10.8 Å². The minimum absolute atomic E-state index is 0.128. The first-order valence-corrected chi connectivity index (χ1v) is 18.9.